The van der Waals surface area contributed by atoms with Crippen molar-refractivity contribution in [1.82, 2.24) is 14.5 Å². The Hall–Kier alpha value is -1.41. The van der Waals surface area contributed by atoms with Crippen LogP contribution in [0.2, 0.25) is 5.02 Å². The molecule has 0 radical (unpaired) electrons. The standard InChI is InChI=1S/C12H14ClN3O3S/c1-16-12(10(13)7-14-16)20(18,19)15-11(8-17)9-5-3-2-4-6-9/h2-7,11,15,17H,8H2,1H3. The molecule has 1 atom stereocenters. The molecular formula is C12H14ClN3O3S. The van der Waals surface area contributed by atoms with Gasteiger partial charge in [0.1, 0.15) is 0 Å². The van der Waals surface area contributed by atoms with Crippen LogP contribution in [0.4, 0.5) is 0 Å². The summed E-state index contributed by atoms with van der Waals surface area (Å²) in [5, 5.41) is 13.1. The lowest BCUT2D eigenvalue weighted by Gasteiger charge is -2.17. The Bertz CT molecular complexity index is 666. The molecule has 0 aliphatic carbocycles. The molecule has 1 aromatic carbocycles. The third-order valence-electron chi connectivity index (χ3n) is 2.78. The van der Waals surface area contributed by atoms with Gasteiger partial charge in [-0.1, -0.05) is 41.9 Å². The van der Waals surface area contributed by atoms with Crippen LogP contribution in [-0.4, -0.2) is 29.9 Å². The molecule has 0 aliphatic rings. The van der Waals surface area contributed by atoms with Gasteiger partial charge >= 0.3 is 0 Å². The Balaban J connectivity index is 2.32. The van der Waals surface area contributed by atoms with E-state index in [0.717, 1.165) is 0 Å². The summed E-state index contributed by atoms with van der Waals surface area (Å²) < 4.78 is 28.2. The van der Waals surface area contributed by atoms with E-state index < -0.39 is 16.1 Å². The van der Waals surface area contributed by atoms with Gasteiger partial charge in [0.25, 0.3) is 10.0 Å². The van der Waals surface area contributed by atoms with Gasteiger partial charge in [-0.15, -0.1) is 0 Å². The third-order valence-corrected chi connectivity index (χ3v) is 4.76. The summed E-state index contributed by atoms with van der Waals surface area (Å²) >= 11 is 5.84. The first-order chi connectivity index (χ1) is 9.45. The molecule has 0 saturated heterocycles. The summed E-state index contributed by atoms with van der Waals surface area (Å²) in [7, 11) is -2.40. The average Bonchev–Trinajstić information content (AvgIpc) is 2.77. The molecule has 1 aromatic heterocycles. The molecule has 0 bridgehead atoms. The van der Waals surface area contributed by atoms with E-state index in [-0.39, 0.29) is 16.7 Å². The molecule has 2 rings (SSSR count). The van der Waals surface area contributed by atoms with Crippen molar-refractivity contribution >= 4 is 21.6 Å². The van der Waals surface area contributed by atoms with Crippen molar-refractivity contribution in [2.45, 2.75) is 11.1 Å². The van der Waals surface area contributed by atoms with Crippen LogP contribution in [0.5, 0.6) is 0 Å². The smallest absolute Gasteiger partial charge is 0.259 e. The van der Waals surface area contributed by atoms with E-state index in [0.29, 0.717) is 5.56 Å². The first kappa shape index (κ1) is 15.0. The minimum atomic E-state index is -3.88. The van der Waals surface area contributed by atoms with E-state index in [1.807, 2.05) is 6.07 Å². The highest BCUT2D eigenvalue weighted by atomic mass is 35.5. The molecule has 1 heterocycles. The Kier molecular flexibility index (Phi) is 4.44. The number of aliphatic hydroxyl groups excluding tert-OH is 1. The second-order valence-electron chi connectivity index (χ2n) is 4.19. The van der Waals surface area contributed by atoms with E-state index in [1.54, 1.807) is 24.3 Å². The molecule has 0 spiro atoms. The van der Waals surface area contributed by atoms with Crippen molar-refractivity contribution in [2.75, 3.05) is 6.61 Å². The zero-order valence-corrected chi connectivity index (χ0v) is 12.3. The highest BCUT2D eigenvalue weighted by Gasteiger charge is 2.26. The highest BCUT2D eigenvalue weighted by molar-refractivity contribution is 7.89. The maximum atomic E-state index is 12.3. The molecule has 1 unspecified atom stereocenters. The molecule has 2 N–H and O–H groups in total. The van der Waals surface area contributed by atoms with E-state index in [9.17, 15) is 13.5 Å². The van der Waals surface area contributed by atoms with Crippen LogP contribution < -0.4 is 4.72 Å². The van der Waals surface area contributed by atoms with Crippen molar-refractivity contribution in [1.29, 1.82) is 0 Å². The van der Waals surface area contributed by atoms with Crippen LogP contribution in [0, 0.1) is 0 Å². The summed E-state index contributed by atoms with van der Waals surface area (Å²) in [5.41, 5.74) is 0.664. The maximum absolute atomic E-state index is 12.3. The van der Waals surface area contributed by atoms with Gasteiger partial charge in [-0.25, -0.2) is 8.42 Å². The summed E-state index contributed by atoms with van der Waals surface area (Å²) in [6.45, 7) is -0.362. The number of nitrogens with one attached hydrogen (secondary N) is 1. The number of aliphatic hydroxyl groups is 1. The summed E-state index contributed by atoms with van der Waals surface area (Å²) in [6, 6.07) is 8.06. The number of benzene rings is 1. The lowest BCUT2D eigenvalue weighted by atomic mass is 10.1. The topological polar surface area (TPSA) is 84.2 Å². The number of aromatic nitrogens is 2. The van der Waals surface area contributed by atoms with Crippen molar-refractivity contribution in [3.05, 3.63) is 47.1 Å². The second kappa shape index (κ2) is 5.92. The first-order valence-corrected chi connectivity index (χ1v) is 7.67. The molecule has 20 heavy (non-hydrogen) atoms. The van der Waals surface area contributed by atoms with E-state index in [4.69, 9.17) is 11.6 Å². The van der Waals surface area contributed by atoms with E-state index in [2.05, 4.69) is 9.82 Å². The Morgan fingerprint density at radius 1 is 1.40 bits per heavy atom. The number of halogens is 1. The van der Waals surface area contributed by atoms with Crippen molar-refractivity contribution < 1.29 is 13.5 Å². The molecule has 0 saturated carbocycles. The molecule has 2 aromatic rings. The minimum absolute atomic E-state index is 0.0322. The molecule has 6 nitrogen and oxygen atoms in total. The Labute approximate surface area is 122 Å². The summed E-state index contributed by atoms with van der Waals surface area (Å²) in [5.74, 6) is 0. The van der Waals surface area contributed by atoms with Gasteiger partial charge in [-0.05, 0) is 5.56 Å². The summed E-state index contributed by atoms with van der Waals surface area (Å²) in [6.07, 6.45) is 1.26. The molecule has 108 valence electrons. The lowest BCUT2D eigenvalue weighted by molar-refractivity contribution is 0.258. The number of aryl methyl sites for hydroxylation is 1. The lowest BCUT2D eigenvalue weighted by Crippen LogP contribution is -2.32. The monoisotopic (exact) mass is 315 g/mol. The first-order valence-electron chi connectivity index (χ1n) is 5.81. The zero-order chi connectivity index (χ0) is 14.8. The number of sulfonamides is 1. The van der Waals surface area contributed by atoms with Crippen LogP contribution >= 0.6 is 11.6 Å². The number of hydrogen-bond donors (Lipinski definition) is 2. The van der Waals surface area contributed by atoms with Crippen LogP contribution in [0.25, 0.3) is 0 Å². The fourth-order valence-corrected chi connectivity index (χ4v) is 3.71. The minimum Gasteiger partial charge on any atom is -0.394 e. The normalized spacial score (nSPS) is 13.3. The van der Waals surface area contributed by atoms with Gasteiger partial charge in [0, 0.05) is 7.05 Å². The predicted octanol–water partition coefficient (Wildman–Crippen LogP) is 1.09. The van der Waals surface area contributed by atoms with Gasteiger partial charge in [0.05, 0.1) is 23.9 Å². The zero-order valence-electron chi connectivity index (χ0n) is 10.7. The van der Waals surface area contributed by atoms with Gasteiger partial charge in [0.15, 0.2) is 5.03 Å². The number of hydrogen-bond acceptors (Lipinski definition) is 4. The third kappa shape index (κ3) is 3.01. The molecule has 0 aliphatic heterocycles. The molecule has 0 amide bonds. The fourth-order valence-electron chi connectivity index (χ4n) is 1.84. The SMILES string of the molecule is Cn1ncc(Cl)c1S(=O)(=O)NC(CO)c1ccccc1. The predicted molar refractivity (Wildman–Crippen MR) is 74.8 cm³/mol. The maximum Gasteiger partial charge on any atom is 0.259 e. The van der Waals surface area contributed by atoms with Gasteiger partial charge in [-0.3, -0.25) is 4.68 Å². The average molecular weight is 316 g/mol. The Morgan fingerprint density at radius 2 is 2.05 bits per heavy atom. The van der Waals surface area contributed by atoms with Crippen molar-refractivity contribution in [3.63, 3.8) is 0 Å². The molecular weight excluding hydrogens is 302 g/mol. The van der Waals surface area contributed by atoms with Gasteiger partial charge in [0.2, 0.25) is 0 Å². The van der Waals surface area contributed by atoms with Crippen LogP contribution in [0.1, 0.15) is 11.6 Å². The number of nitrogens with zero attached hydrogens (tertiary/aromatic N) is 2. The van der Waals surface area contributed by atoms with Crippen LogP contribution in [0.3, 0.4) is 0 Å². The van der Waals surface area contributed by atoms with Crippen molar-refractivity contribution in [3.8, 4) is 0 Å². The quantitative estimate of drug-likeness (QED) is 0.865. The summed E-state index contributed by atoms with van der Waals surface area (Å²) in [4.78, 5) is 0. The van der Waals surface area contributed by atoms with E-state index in [1.165, 1.54) is 17.9 Å². The van der Waals surface area contributed by atoms with Gasteiger partial charge in [-0.2, -0.15) is 9.82 Å². The van der Waals surface area contributed by atoms with Crippen molar-refractivity contribution in [2.24, 2.45) is 7.05 Å². The second-order valence-corrected chi connectivity index (χ2v) is 6.22. The van der Waals surface area contributed by atoms with E-state index >= 15 is 0 Å². The number of rotatable bonds is 5. The van der Waals surface area contributed by atoms with Gasteiger partial charge < -0.3 is 5.11 Å². The molecule has 8 heteroatoms. The fraction of sp³-hybridized carbons (Fsp3) is 0.250. The Morgan fingerprint density at radius 3 is 2.55 bits per heavy atom. The molecule has 0 fully saturated rings. The van der Waals surface area contributed by atoms with Crippen LogP contribution in [0.15, 0.2) is 41.6 Å². The highest BCUT2D eigenvalue weighted by Crippen LogP contribution is 2.22. The van der Waals surface area contributed by atoms with Crippen LogP contribution in [-0.2, 0) is 17.1 Å². The largest absolute Gasteiger partial charge is 0.394 e.